The molecule has 0 unspecified atom stereocenters. The Hall–Kier alpha value is -3.71. The molecule has 0 bridgehead atoms. The van der Waals surface area contributed by atoms with Gasteiger partial charge in [0, 0.05) is 16.8 Å². The van der Waals surface area contributed by atoms with Crippen LogP contribution in [-0.4, -0.2) is 16.8 Å². The van der Waals surface area contributed by atoms with Crippen molar-refractivity contribution in [2.45, 2.75) is 6.92 Å². The van der Waals surface area contributed by atoms with Crippen LogP contribution in [-0.2, 0) is 0 Å². The highest BCUT2D eigenvalue weighted by Crippen LogP contribution is 2.34. The van der Waals surface area contributed by atoms with Gasteiger partial charge >= 0.3 is 0 Å². The molecular weight excluding hydrogens is 386 g/mol. The molecule has 6 nitrogen and oxygen atoms in total. The first-order chi connectivity index (χ1) is 14.0. The third-order valence-corrected chi connectivity index (χ3v) is 5.43. The van der Waals surface area contributed by atoms with Crippen molar-refractivity contribution < 1.29 is 14.0 Å². The number of carbonyl (C=O) groups excluding carboxylic acids is 2. The monoisotopic (exact) mass is 403 g/mol. The minimum atomic E-state index is -0.503. The summed E-state index contributed by atoms with van der Waals surface area (Å²) < 4.78 is 5.45. The van der Waals surface area contributed by atoms with E-state index in [0.717, 1.165) is 5.56 Å². The number of amides is 2. The van der Waals surface area contributed by atoms with Crippen LogP contribution in [0.15, 0.2) is 71.3 Å². The number of furan rings is 1. The van der Waals surface area contributed by atoms with Crippen molar-refractivity contribution in [3.05, 3.63) is 82.9 Å². The fraction of sp³-hybridized carbons (Fsp3) is 0.0455. The minimum absolute atomic E-state index is 0.287. The molecule has 0 aliphatic carbocycles. The number of primary amides is 1. The Morgan fingerprint density at radius 2 is 1.86 bits per heavy atom. The molecule has 0 atom stereocenters. The minimum Gasteiger partial charge on any atom is -0.462 e. The van der Waals surface area contributed by atoms with Gasteiger partial charge < -0.3 is 15.5 Å². The number of carbonyl (C=O) groups is 2. The van der Waals surface area contributed by atoms with E-state index in [9.17, 15) is 9.59 Å². The maximum absolute atomic E-state index is 13.1. The summed E-state index contributed by atoms with van der Waals surface area (Å²) in [6.07, 6.45) is 1.57. The molecule has 7 heteroatoms. The van der Waals surface area contributed by atoms with E-state index in [1.807, 2.05) is 30.3 Å². The van der Waals surface area contributed by atoms with Gasteiger partial charge in [0.05, 0.1) is 12.0 Å². The molecule has 4 rings (SSSR count). The van der Waals surface area contributed by atoms with Crippen LogP contribution in [0.3, 0.4) is 0 Å². The van der Waals surface area contributed by atoms with Crippen LogP contribution in [0.4, 0.5) is 5.69 Å². The van der Waals surface area contributed by atoms with Crippen LogP contribution in [0, 0.1) is 6.92 Å². The van der Waals surface area contributed by atoms with Crippen molar-refractivity contribution >= 4 is 28.8 Å². The molecule has 2 amide bonds. The molecule has 3 N–H and O–H groups in total. The second-order valence-corrected chi connectivity index (χ2v) is 7.39. The quantitative estimate of drug-likeness (QED) is 0.503. The SMILES string of the molecule is Cc1cc(NC(=O)c2sc(-c3ccco3)nc2-c2ccccc2)ccc1C(N)=O. The Balaban J connectivity index is 1.71. The molecule has 4 aromatic rings. The van der Waals surface area contributed by atoms with Crippen LogP contribution in [0.1, 0.15) is 25.6 Å². The van der Waals surface area contributed by atoms with E-state index in [2.05, 4.69) is 10.3 Å². The number of rotatable bonds is 5. The third-order valence-electron chi connectivity index (χ3n) is 4.36. The van der Waals surface area contributed by atoms with E-state index in [4.69, 9.17) is 10.2 Å². The molecule has 0 saturated carbocycles. The summed E-state index contributed by atoms with van der Waals surface area (Å²) in [6.45, 7) is 1.77. The molecule has 0 saturated heterocycles. The Kier molecular flexibility index (Phi) is 4.97. The molecule has 0 radical (unpaired) electrons. The lowest BCUT2D eigenvalue weighted by Crippen LogP contribution is -2.14. The number of aryl methyl sites for hydroxylation is 1. The first kappa shape index (κ1) is 18.6. The molecule has 29 heavy (non-hydrogen) atoms. The van der Waals surface area contributed by atoms with Gasteiger partial charge in [-0.15, -0.1) is 11.3 Å². The molecule has 0 aliphatic heterocycles. The number of hydrogen-bond acceptors (Lipinski definition) is 5. The van der Waals surface area contributed by atoms with Gasteiger partial charge in [-0.1, -0.05) is 30.3 Å². The predicted molar refractivity (Wildman–Crippen MR) is 113 cm³/mol. The molecule has 0 aliphatic rings. The summed E-state index contributed by atoms with van der Waals surface area (Å²) >= 11 is 1.26. The number of aromatic nitrogens is 1. The van der Waals surface area contributed by atoms with Crippen LogP contribution in [0.25, 0.3) is 22.0 Å². The maximum Gasteiger partial charge on any atom is 0.268 e. The molecule has 2 heterocycles. The largest absolute Gasteiger partial charge is 0.462 e. The summed E-state index contributed by atoms with van der Waals surface area (Å²) in [5.41, 5.74) is 8.47. The summed E-state index contributed by atoms with van der Waals surface area (Å²) in [5, 5.41) is 3.51. The van der Waals surface area contributed by atoms with Gasteiger partial charge in [0.25, 0.3) is 5.91 Å². The number of thiazole rings is 1. The van der Waals surface area contributed by atoms with Crippen LogP contribution >= 0.6 is 11.3 Å². The molecule has 2 aromatic carbocycles. The maximum atomic E-state index is 13.1. The third kappa shape index (κ3) is 3.81. The number of hydrogen-bond donors (Lipinski definition) is 2. The molecule has 2 aromatic heterocycles. The van der Waals surface area contributed by atoms with E-state index in [-0.39, 0.29) is 5.91 Å². The fourth-order valence-electron chi connectivity index (χ4n) is 2.98. The number of nitrogens with zero attached hydrogens (tertiary/aromatic N) is 1. The van der Waals surface area contributed by atoms with Crippen molar-refractivity contribution in [2.75, 3.05) is 5.32 Å². The lowest BCUT2D eigenvalue weighted by molar-refractivity contribution is 0.0998. The average Bonchev–Trinajstić information content (AvgIpc) is 3.38. The lowest BCUT2D eigenvalue weighted by atomic mass is 10.1. The lowest BCUT2D eigenvalue weighted by Gasteiger charge is -2.08. The van der Waals surface area contributed by atoms with E-state index >= 15 is 0 Å². The summed E-state index contributed by atoms with van der Waals surface area (Å²) in [4.78, 5) is 29.6. The van der Waals surface area contributed by atoms with Gasteiger partial charge in [-0.05, 0) is 42.8 Å². The highest BCUT2D eigenvalue weighted by atomic mass is 32.1. The Bertz CT molecular complexity index is 1180. The zero-order chi connectivity index (χ0) is 20.4. The average molecular weight is 403 g/mol. The molecular formula is C22H17N3O3S. The highest BCUT2D eigenvalue weighted by molar-refractivity contribution is 7.17. The topological polar surface area (TPSA) is 98.2 Å². The second kappa shape index (κ2) is 7.73. The summed E-state index contributed by atoms with van der Waals surface area (Å²) in [5.74, 6) is -0.185. The second-order valence-electron chi connectivity index (χ2n) is 6.39. The van der Waals surface area contributed by atoms with Crippen molar-refractivity contribution in [3.63, 3.8) is 0 Å². The normalized spacial score (nSPS) is 10.7. The number of nitrogens with one attached hydrogen (secondary N) is 1. The van der Waals surface area contributed by atoms with Gasteiger partial charge in [-0.3, -0.25) is 9.59 Å². The Morgan fingerprint density at radius 3 is 2.52 bits per heavy atom. The van der Waals surface area contributed by atoms with Gasteiger partial charge in [-0.25, -0.2) is 4.98 Å². The number of anilines is 1. The first-order valence-corrected chi connectivity index (χ1v) is 9.66. The zero-order valence-electron chi connectivity index (χ0n) is 15.5. The molecule has 0 fully saturated rings. The van der Waals surface area contributed by atoms with E-state index in [0.29, 0.717) is 38.2 Å². The predicted octanol–water partition coefficient (Wildman–Crippen LogP) is 4.73. The summed E-state index contributed by atoms with van der Waals surface area (Å²) in [6, 6.07) is 18.1. The Morgan fingerprint density at radius 1 is 1.07 bits per heavy atom. The molecule has 0 spiro atoms. The van der Waals surface area contributed by atoms with Crippen LogP contribution in [0.2, 0.25) is 0 Å². The van der Waals surface area contributed by atoms with E-state index < -0.39 is 5.91 Å². The van der Waals surface area contributed by atoms with Crippen LogP contribution < -0.4 is 11.1 Å². The van der Waals surface area contributed by atoms with Crippen molar-refractivity contribution in [2.24, 2.45) is 5.73 Å². The number of nitrogens with two attached hydrogens (primary N) is 1. The highest BCUT2D eigenvalue weighted by Gasteiger charge is 2.21. The smallest absolute Gasteiger partial charge is 0.268 e. The zero-order valence-corrected chi connectivity index (χ0v) is 16.3. The van der Waals surface area contributed by atoms with Crippen molar-refractivity contribution in [1.29, 1.82) is 0 Å². The van der Waals surface area contributed by atoms with Crippen LogP contribution in [0.5, 0.6) is 0 Å². The Labute approximate surface area is 171 Å². The van der Waals surface area contributed by atoms with E-state index in [1.54, 1.807) is 43.5 Å². The van der Waals surface area contributed by atoms with Gasteiger partial charge in [-0.2, -0.15) is 0 Å². The van der Waals surface area contributed by atoms with Gasteiger partial charge in [0.2, 0.25) is 5.91 Å². The van der Waals surface area contributed by atoms with Gasteiger partial charge in [0.1, 0.15) is 4.88 Å². The fourth-order valence-corrected chi connectivity index (χ4v) is 3.93. The number of benzene rings is 2. The van der Waals surface area contributed by atoms with Crippen molar-refractivity contribution in [1.82, 2.24) is 4.98 Å². The standard InChI is InChI=1S/C22H17N3O3S/c1-13-12-15(9-10-16(13)20(23)26)24-21(27)19-18(14-6-3-2-4-7-14)25-22(29-19)17-8-5-11-28-17/h2-12H,1H3,(H2,23,26)(H,24,27). The summed E-state index contributed by atoms with van der Waals surface area (Å²) in [7, 11) is 0. The van der Waals surface area contributed by atoms with Crippen molar-refractivity contribution in [3.8, 4) is 22.0 Å². The van der Waals surface area contributed by atoms with E-state index in [1.165, 1.54) is 11.3 Å². The van der Waals surface area contributed by atoms with Gasteiger partial charge in [0.15, 0.2) is 10.8 Å². The molecule has 144 valence electrons. The first-order valence-electron chi connectivity index (χ1n) is 8.85.